The zero-order chi connectivity index (χ0) is 18.2. The van der Waals surface area contributed by atoms with Crippen molar-refractivity contribution in [2.75, 3.05) is 0 Å². The van der Waals surface area contributed by atoms with Crippen molar-refractivity contribution >= 4 is 29.0 Å². The van der Waals surface area contributed by atoms with E-state index in [4.69, 9.17) is 4.74 Å². The predicted octanol–water partition coefficient (Wildman–Crippen LogP) is 3.31. The highest BCUT2D eigenvalue weighted by Crippen LogP contribution is 2.24. The summed E-state index contributed by atoms with van der Waals surface area (Å²) in [6.45, 7) is 2.64. The lowest BCUT2D eigenvalue weighted by Crippen LogP contribution is -2.30. The van der Waals surface area contributed by atoms with Crippen LogP contribution in [0.25, 0.3) is 0 Å². The fourth-order valence-electron chi connectivity index (χ4n) is 2.16. The van der Waals surface area contributed by atoms with Crippen molar-refractivity contribution in [2.45, 2.75) is 29.7 Å². The highest BCUT2D eigenvalue weighted by molar-refractivity contribution is 8.02. The Balaban J connectivity index is 1.55. The monoisotopic (exact) mass is 386 g/mol. The number of amides is 1. The average molecular weight is 387 g/mol. The molecule has 3 aromatic rings. The molecule has 0 aliphatic heterocycles. The van der Waals surface area contributed by atoms with Crippen molar-refractivity contribution in [2.24, 2.45) is 0 Å². The first-order chi connectivity index (χ1) is 12.7. The van der Waals surface area contributed by atoms with E-state index in [2.05, 4.69) is 20.5 Å². The van der Waals surface area contributed by atoms with Gasteiger partial charge in [0.2, 0.25) is 11.8 Å². The molecule has 26 heavy (non-hydrogen) atoms. The summed E-state index contributed by atoms with van der Waals surface area (Å²) in [4.78, 5) is 16.6. The van der Waals surface area contributed by atoms with Crippen LogP contribution in [0.3, 0.4) is 0 Å². The van der Waals surface area contributed by atoms with Crippen LogP contribution in [0.15, 0.2) is 58.5 Å². The van der Waals surface area contributed by atoms with Gasteiger partial charge < -0.3 is 10.1 Å². The number of thioether (sulfide) groups is 1. The van der Waals surface area contributed by atoms with Gasteiger partial charge in [-0.1, -0.05) is 59.5 Å². The number of pyridine rings is 1. The van der Waals surface area contributed by atoms with Gasteiger partial charge in [-0.15, -0.1) is 10.2 Å². The Morgan fingerprint density at radius 1 is 1.27 bits per heavy atom. The maximum absolute atomic E-state index is 12.3. The number of aromatic nitrogens is 3. The first kappa shape index (κ1) is 18.3. The second kappa shape index (κ2) is 9.30. The molecule has 0 radical (unpaired) electrons. The Morgan fingerprint density at radius 2 is 2.12 bits per heavy atom. The number of nitrogens with zero attached hydrogens (tertiary/aromatic N) is 3. The standard InChI is InChI=1S/C18H18N4O2S2/c1-13(26-18-22-21-12-25-18)16(23)20-10-15-8-5-9-19-17(15)24-11-14-6-3-2-4-7-14/h2-9,12-13H,10-11H2,1H3,(H,20,23)/t13-/m0/s1. The number of hydrogen-bond acceptors (Lipinski definition) is 7. The van der Waals surface area contributed by atoms with E-state index >= 15 is 0 Å². The first-order valence-electron chi connectivity index (χ1n) is 8.03. The van der Waals surface area contributed by atoms with Crippen LogP contribution >= 0.6 is 23.1 Å². The Bertz CT molecular complexity index is 828. The maximum Gasteiger partial charge on any atom is 0.233 e. The van der Waals surface area contributed by atoms with Gasteiger partial charge in [-0.2, -0.15) is 0 Å². The zero-order valence-corrected chi connectivity index (χ0v) is 15.8. The number of carbonyl (C=O) groups excluding carboxylic acids is 1. The molecule has 1 atom stereocenters. The Morgan fingerprint density at radius 3 is 2.88 bits per heavy atom. The zero-order valence-electron chi connectivity index (χ0n) is 14.2. The Labute approximate surface area is 160 Å². The van der Waals surface area contributed by atoms with Crippen LogP contribution in [0, 0.1) is 0 Å². The highest BCUT2D eigenvalue weighted by atomic mass is 32.2. The minimum Gasteiger partial charge on any atom is -0.473 e. The minimum absolute atomic E-state index is 0.0666. The molecule has 3 rings (SSSR count). The van der Waals surface area contributed by atoms with E-state index in [1.165, 1.54) is 23.1 Å². The molecule has 1 amide bonds. The topological polar surface area (TPSA) is 77.0 Å². The largest absolute Gasteiger partial charge is 0.473 e. The van der Waals surface area contributed by atoms with Gasteiger partial charge in [0.05, 0.1) is 5.25 Å². The number of rotatable bonds is 8. The smallest absolute Gasteiger partial charge is 0.233 e. The van der Waals surface area contributed by atoms with Crippen molar-refractivity contribution < 1.29 is 9.53 Å². The molecule has 0 saturated heterocycles. The molecule has 134 valence electrons. The summed E-state index contributed by atoms with van der Waals surface area (Å²) in [7, 11) is 0. The molecule has 0 unspecified atom stereocenters. The van der Waals surface area contributed by atoms with E-state index < -0.39 is 0 Å². The van der Waals surface area contributed by atoms with Crippen molar-refractivity contribution in [1.29, 1.82) is 0 Å². The molecule has 1 aromatic carbocycles. The summed E-state index contributed by atoms with van der Waals surface area (Å²) in [6.07, 6.45) is 1.68. The summed E-state index contributed by atoms with van der Waals surface area (Å²) in [5.41, 5.74) is 3.55. The van der Waals surface area contributed by atoms with Crippen molar-refractivity contribution in [3.8, 4) is 5.88 Å². The fourth-order valence-corrected chi connectivity index (χ4v) is 3.81. The Kier molecular flexibility index (Phi) is 6.56. The van der Waals surface area contributed by atoms with Crippen LogP contribution in [-0.2, 0) is 17.9 Å². The number of hydrogen-bond donors (Lipinski definition) is 1. The lowest BCUT2D eigenvalue weighted by molar-refractivity contribution is -0.120. The third-order valence-electron chi connectivity index (χ3n) is 3.51. The molecule has 8 heteroatoms. The summed E-state index contributed by atoms with van der Waals surface area (Å²) < 4.78 is 6.60. The average Bonchev–Trinajstić information content (AvgIpc) is 3.19. The SMILES string of the molecule is C[C@H](Sc1nncs1)C(=O)NCc1cccnc1OCc1ccccc1. The molecule has 2 aromatic heterocycles. The van der Waals surface area contributed by atoms with Gasteiger partial charge in [-0.3, -0.25) is 4.79 Å². The van der Waals surface area contributed by atoms with Gasteiger partial charge in [0.25, 0.3) is 0 Å². The van der Waals surface area contributed by atoms with Gasteiger partial charge in [-0.05, 0) is 18.6 Å². The molecule has 0 aliphatic carbocycles. The maximum atomic E-state index is 12.3. The number of carbonyl (C=O) groups is 1. The number of benzene rings is 1. The lowest BCUT2D eigenvalue weighted by atomic mass is 10.2. The summed E-state index contributed by atoms with van der Waals surface area (Å²) in [5, 5.41) is 10.4. The van der Waals surface area contributed by atoms with Crippen LogP contribution in [0.1, 0.15) is 18.1 Å². The Hall–Kier alpha value is -2.45. The van der Waals surface area contributed by atoms with E-state index in [0.29, 0.717) is 19.0 Å². The predicted molar refractivity (Wildman–Crippen MR) is 102 cm³/mol. The van der Waals surface area contributed by atoms with Gasteiger partial charge in [0.15, 0.2) is 4.34 Å². The van der Waals surface area contributed by atoms with Gasteiger partial charge in [0, 0.05) is 18.3 Å². The van der Waals surface area contributed by atoms with Gasteiger partial charge in [0.1, 0.15) is 12.1 Å². The molecule has 1 N–H and O–H groups in total. The van der Waals surface area contributed by atoms with E-state index in [1.807, 2.05) is 49.4 Å². The van der Waals surface area contributed by atoms with E-state index in [1.54, 1.807) is 11.7 Å². The fraction of sp³-hybridized carbons (Fsp3) is 0.222. The quantitative estimate of drug-likeness (QED) is 0.599. The lowest BCUT2D eigenvalue weighted by Gasteiger charge is -2.13. The van der Waals surface area contributed by atoms with Crippen molar-refractivity contribution in [3.05, 3.63) is 65.3 Å². The molecule has 0 spiro atoms. The second-order valence-electron chi connectivity index (χ2n) is 5.42. The molecule has 0 bridgehead atoms. The molecule has 0 fully saturated rings. The minimum atomic E-state index is -0.256. The number of ether oxygens (including phenoxy) is 1. The van der Waals surface area contributed by atoms with E-state index in [-0.39, 0.29) is 11.2 Å². The van der Waals surface area contributed by atoms with Crippen LogP contribution in [-0.4, -0.2) is 26.3 Å². The first-order valence-corrected chi connectivity index (χ1v) is 9.79. The summed E-state index contributed by atoms with van der Waals surface area (Å²) in [6, 6.07) is 13.6. The van der Waals surface area contributed by atoms with Gasteiger partial charge in [-0.25, -0.2) is 4.98 Å². The van der Waals surface area contributed by atoms with Crippen LogP contribution in [0.5, 0.6) is 5.88 Å². The molecule has 2 heterocycles. The summed E-state index contributed by atoms with van der Waals surface area (Å²) >= 11 is 2.81. The summed E-state index contributed by atoms with van der Waals surface area (Å²) in [5.74, 6) is 0.462. The van der Waals surface area contributed by atoms with Crippen LogP contribution in [0.4, 0.5) is 0 Å². The number of nitrogens with one attached hydrogen (secondary N) is 1. The van der Waals surface area contributed by atoms with E-state index in [0.717, 1.165) is 15.5 Å². The van der Waals surface area contributed by atoms with Crippen molar-refractivity contribution in [3.63, 3.8) is 0 Å². The third-order valence-corrected chi connectivity index (χ3v) is 5.42. The molecule has 6 nitrogen and oxygen atoms in total. The molecule has 0 saturated carbocycles. The van der Waals surface area contributed by atoms with Gasteiger partial charge >= 0.3 is 0 Å². The van der Waals surface area contributed by atoms with Crippen LogP contribution in [0.2, 0.25) is 0 Å². The van der Waals surface area contributed by atoms with Crippen LogP contribution < -0.4 is 10.1 Å². The third kappa shape index (κ3) is 5.27. The van der Waals surface area contributed by atoms with Crippen molar-refractivity contribution in [1.82, 2.24) is 20.5 Å². The second-order valence-corrected chi connectivity index (χ2v) is 7.85. The molecule has 0 aliphatic rings. The molecular formula is C18H18N4O2S2. The highest BCUT2D eigenvalue weighted by Gasteiger charge is 2.16. The molecular weight excluding hydrogens is 368 g/mol. The normalized spacial score (nSPS) is 11.7. The van der Waals surface area contributed by atoms with E-state index in [9.17, 15) is 4.79 Å².